The van der Waals surface area contributed by atoms with Gasteiger partial charge in [-0.1, -0.05) is 34.1 Å². The summed E-state index contributed by atoms with van der Waals surface area (Å²) < 4.78 is 1.10. The molecule has 0 aromatic heterocycles. The highest BCUT2D eigenvalue weighted by molar-refractivity contribution is 9.10. The van der Waals surface area contributed by atoms with E-state index in [1.807, 2.05) is 12.1 Å². The molecule has 0 heterocycles. The van der Waals surface area contributed by atoms with Gasteiger partial charge in [0.05, 0.1) is 0 Å². The van der Waals surface area contributed by atoms with Gasteiger partial charge in [-0.25, -0.2) is 0 Å². The van der Waals surface area contributed by atoms with Crippen molar-refractivity contribution in [2.24, 2.45) is 0 Å². The van der Waals surface area contributed by atoms with E-state index >= 15 is 0 Å². The molecule has 0 saturated carbocycles. The Hall–Kier alpha value is -1.48. The third kappa shape index (κ3) is 3.24. The summed E-state index contributed by atoms with van der Waals surface area (Å²) in [4.78, 5) is 0. The van der Waals surface area contributed by atoms with Gasteiger partial charge in [0.1, 0.15) is 5.75 Å². The number of phenolic OH excluding ortho intramolecular Hbond substituents is 1. The Morgan fingerprint density at radius 2 is 2.00 bits per heavy atom. The molecule has 2 aromatic rings. The minimum atomic E-state index is 0.276. The van der Waals surface area contributed by atoms with Crippen LogP contribution in [0.15, 0.2) is 46.9 Å². The second-order valence-corrected chi connectivity index (χ2v) is 4.85. The quantitative estimate of drug-likeness (QED) is 0.893. The molecule has 0 aliphatic carbocycles. The first-order chi connectivity index (χ1) is 8.15. The maximum atomic E-state index is 9.35. The summed E-state index contributed by atoms with van der Waals surface area (Å²) in [6, 6.07) is 13.4. The summed E-state index contributed by atoms with van der Waals surface area (Å²) in [6.07, 6.45) is 0. The zero-order valence-corrected chi connectivity index (χ0v) is 11.2. The normalized spacial score (nSPS) is 10.2. The Morgan fingerprint density at radius 1 is 1.18 bits per heavy atom. The number of phenols is 1. The number of nitrogens with one attached hydrogen (secondary N) is 1. The maximum Gasteiger partial charge on any atom is 0.117 e. The Labute approximate surface area is 109 Å². The van der Waals surface area contributed by atoms with Crippen molar-refractivity contribution in [1.29, 1.82) is 0 Å². The first-order valence-electron chi connectivity index (χ1n) is 5.43. The fourth-order valence-corrected chi connectivity index (χ4v) is 2.24. The molecule has 0 radical (unpaired) electrons. The highest BCUT2D eigenvalue weighted by atomic mass is 79.9. The second-order valence-electron chi connectivity index (χ2n) is 4.00. The molecule has 0 aliphatic rings. The minimum absolute atomic E-state index is 0.276. The fraction of sp³-hybridized carbons (Fsp3) is 0.143. The number of aryl methyl sites for hydroxylation is 1. The van der Waals surface area contributed by atoms with Crippen LogP contribution in [0, 0.1) is 6.92 Å². The van der Waals surface area contributed by atoms with Crippen LogP contribution in [0.25, 0.3) is 0 Å². The van der Waals surface area contributed by atoms with Crippen molar-refractivity contribution in [1.82, 2.24) is 0 Å². The van der Waals surface area contributed by atoms with Crippen LogP contribution in [-0.4, -0.2) is 5.11 Å². The molecule has 0 fully saturated rings. The van der Waals surface area contributed by atoms with Gasteiger partial charge in [-0.05, 0) is 36.2 Å². The zero-order valence-electron chi connectivity index (χ0n) is 9.57. The summed E-state index contributed by atoms with van der Waals surface area (Å²) >= 11 is 3.55. The van der Waals surface area contributed by atoms with E-state index in [2.05, 4.69) is 46.4 Å². The van der Waals surface area contributed by atoms with E-state index < -0.39 is 0 Å². The molecule has 0 spiro atoms. The standard InChI is InChI=1S/C14H14BrNO/c1-10-5-6-11(14(15)7-10)9-16-12-3-2-4-13(17)8-12/h2-8,16-17H,9H2,1H3. The SMILES string of the molecule is Cc1ccc(CNc2cccc(O)c2)c(Br)c1. The molecule has 2 N–H and O–H groups in total. The first-order valence-corrected chi connectivity index (χ1v) is 6.22. The molecule has 0 unspecified atom stereocenters. The molecular formula is C14H14BrNO. The lowest BCUT2D eigenvalue weighted by atomic mass is 10.1. The molecule has 17 heavy (non-hydrogen) atoms. The van der Waals surface area contributed by atoms with Gasteiger partial charge in [-0.15, -0.1) is 0 Å². The Bertz CT molecular complexity index is 525. The number of benzene rings is 2. The Morgan fingerprint density at radius 3 is 2.71 bits per heavy atom. The van der Waals surface area contributed by atoms with Crippen molar-refractivity contribution in [2.75, 3.05) is 5.32 Å². The van der Waals surface area contributed by atoms with Crippen molar-refractivity contribution in [3.05, 3.63) is 58.1 Å². The largest absolute Gasteiger partial charge is 0.508 e. The number of halogens is 1. The lowest BCUT2D eigenvalue weighted by molar-refractivity contribution is 0.475. The molecule has 0 amide bonds. The van der Waals surface area contributed by atoms with Gasteiger partial charge >= 0.3 is 0 Å². The second kappa shape index (κ2) is 5.23. The van der Waals surface area contributed by atoms with Gasteiger partial charge < -0.3 is 10.4 Å². The fourth-order valence-electron chi connectivity index (χ4n) is 1.61. The molecular weight excluding hydrogens is 278 g/mol. The first kappa shape index (κ1) is 12.0. The summed E-state index contributed by atoms with van der Waals surface area (Å²) in [7, 11) is 0. The molecule has 0 atom stereocenters. The van der Waals surface area contributed by atoms with Crippen molar-refractivity contribution in [2.45, 2.75) is 13.5 Å². The topological polar surface area (TPSA) is 32.3 Å². The van der Waals surface area contributed by atoms with E-state index in [1.165, 1.54) is 11.1 Å². The summed E-state index contributed by atoms with van der Waals surface area (Å²) in [5, 5.41) is 12.6. The van der Waals surface area contributed by atoms with Crippen LogP contribution in [0.3, 0.4) is 0 Å². The summed E-state index contributed by atoms with van der Waals surface area (Å²) in [6.45, 7) is 2.79. The average molecular weight is 292 g/mol. The van der Waals surface area contributed by atoms with E-state index in [0.717, 1.165) is 16.7 Å². The molecule has 0 saturated heterocycles. The van der Waals surface area contributed by atoms with Crippen LogP contribution in [0.2, 0.25) is 0 Å². The third-order valence-electron chi connectivity index (χ3n) is 2.54. The zero-order chi connectivity index (χ0) is 12.3. The van der Waals surface area contributed by atoms with Crippen LogP contribution in [0.5, 0.6) is 5.75 Å². The Balaban J connectivity index is 2.07. The number of aromatic hydroxyl groups is 1. The van der Waals surface area contributed by atoms with E-state index in [-0.39, 0.29) is 5.75 Å². The van der Waals surface area contributed by atoms with Crippen molar-refractivity contribution < 1.29 is 5.11 Å². The molecule has 2 aromatic carbocycles. The molecule has 3 heteroatoms. The van der Waals surface area contributed by atoms with E-state index in [9.17, 15) is 5.11 Å². The van der Waals surface area contributed by atoms with Gasteiger partial charge in [-0.3, -0.25) is 0 Å². The van der Waals surface area contributed by atoms with Crippen LogP contribution < -0.4 is 5.32 Å². The smallest absolute Gasteiger partial charge is 0.117 e. The summed E-state index contributed by atoms with van der Waals surface area (Å²) in [5.74, 6) is 0.276. The van der Waals surface area contributed by atoms with Gasteiger partial charge in [0.2, 0.25) is 0 Å². The monoisotopic (exact) mass is 291 g/mol. The minimum Gasteiger partial charge on any atom is -0.508 e. The molecule has 0 aliphatic heterocycles. The lowest BCUT2D eigenvalue weighted by Gasteiger charge is -2.09. The van der Waals surface area contributed by atoms with E-state index in [0.29, 0.717) is 0 Å². The molecule has 88 valence electrons. The van der Waals surface area contributed by atoms with Gasteiger partial charge in [0, 0.05) is 22.8 Å². The Kier molecular flexibility index (Phi) is 3.69. The number of anilines is 1. The van der Waals surface area contributed by atoms with Gasteiger partial charge in [-0.2, -0.15) is 0 Å². The highest BCUT2D eigenvalue weighted by Crippen LogP contribution is 2.21. The lowest BCUT2D eigenvalue weighted by Crippen LogP contribution is -2.00. The number of rotatable bonds is 3. The van der Waals surface area contributed by atoms with Gasteiger partial charge in [0.15, 0.2) is 0 Å². The van der Waals surface area contributed by atoms with Crippen molar-refractivity contribution in [3.8, 4) is 5.75 Å². The van der Waals surface area contributed by atoms with Crippen LogP contribution in [0.4, 0.5) is 5.69 Å². The highest BCUT2D eigenvalue weighted by Gasteiger charge is 2.00. The van der Waals surface area contributed by atoms with Crippen LogP contribution >= 0.6 is 15.9 Å². The van der Waals surface area contributed by atoms with Crippen molar-refractivity contribution in [3.63, 3.8) is 0 Å². The molecule has 0 bridgehead atoms. The molecule has 2 rings (SSSR count). The van der Waals surface area contributed by atoms with E-state index in [4.69, 9.17) is 0 Å². The van der Waals surface area contributed by atoms with Crippen LogP contribution in [0.1, 0.15) is 11.1 Å². The maximum absolute atomic E-state index is 9.35. The third-order valence-corrected chi connectivity index (χ3v) is 3.28. The molecule has 2 nitrogen and oxygen atoms in total. The average Bonchev–Trinajstić information content (AvgIpc) is 2.28. The van der Waals surface area contributed by atoms with E-state index in [1.54, 1.807) is 12.1 Å². The van der Waals surface area contributed by atoms with Gasteiger partial charge in [0.25, 0.3) is 0 Å². The summed E-state index contributed by atoms with van der Waals surface area (Å²) in [5.41, 5.74) is 3.34. The number of hydrogen-bond donors (Lipinski definition) is 2. The number of hydrogen-bond acceptors (Lipinski definition) is 2. The predicted octanol–water partition coefficient (Wildman–Crippen LogP) is 4.08. The van der Waals surface area contributed by atoms with Crippen molar-refractivity contribution >= 4 is 21.6 Å². The van der Waals surface area contributed by atoms with Crippen LogP contribution in [-0.2, 0) is 6.54 Å². The predicted molar refractivity (Wildman–Crippen MR) is 74.3 cm³/mol.